The SMILES string of the molecule is C=C(C)C(=O)OCC(COC(=O)C(=C)CO)CC1=CC=C(C2=CC=C(C(=O)OC3CCC(CCCCC)CC3)[C@H]3CC23)CC1. The quantitative estimate of drug-likeness (QED) is 0.0871. The Hall–Kier alpha value is -3.19. The van der Waals surface area contributed by atoms with Gasteiger partial charge < -0.3 is 19.3 Å². The van der Waals surface area contributed by atoms with Crippen LogP contribution in [0.1, 0.15) is 90.9 Å². The van der Waals surface area contributed by atoms with Crippen LogP contribution < -0.4 is 0 Å². The average molecular weight is 607 g/mol. The molecule has 0 saturated heterocycles. The lowest BCUT2D eigenvalue weighted by Crippen LogP contribution is -2.26. The van der Waals surface area contributed by atoms with Crippen molar-refractivity contribution < 1.29 is 33.7 Å². The van der Waals surface area contributed by atoms with Gasteiger partial charge in [-0.05, 0) is 87.2 Å². The fraction of sp³-hybridized carbons (Fsp3) is 0.595. The van der Waals surface area contributed by atoms with E-state index in [-0.39, 0.29) is 42.7 Å². The summed E-state index contributed by atoms with van der Waals surface area (Å²) < 4.78 is 16.7. The second-order valence-corrected chi connectivity index (χ2v) is 13.1. The van der Waals surface area contributed by atoms with E-state index in [2.05, 4.69) is 38.3 Å². The van der Waals surface area contributed by atoms with Crippen molar-refractivity contribution in [3.63, 3.8) is 0 Å². The molecule has 2 unspecified atom stereocenters. The summed E-state index contributed by atoms with van der Waals surface area (Å²) in [5.74, 6) is -0.0602. The summed E-state index contributed by atoms with van der Waals surface area (Å²) in [6, 6.07) is 0. The van der Waals surface area contributed by atoms with Crippen molar-refractivity contribution in [3.8, 4) is 0 Å². The number of hydrogen-bond acceptors (Lipinski definition) is 7. The predicted octanol–water partition coefficient (Wildman–Crippen LogP) is 7.04. The van der Waals surface area contributed by atoms with Gasteiger partial charge in [-0.1, -0.05) is 75.6 Å². The predicted molar refractivity (Wildman–Crippen MR) is 170 cm³/mol. The maximum absolute atomic E-state index is 13.1. The highest BCUT2D eigenvalue weighted by Gasteiger charge is 2.47. The summed E-state index contributed by atoms with van der Waals surface area (Å²) in [6.45, 7) is 10.6. The van der Waals surface area contributed by atoms with Gasteiger partial charge in [0.2, 0.25) is 0 Å². The lowest BCUT2D eigenvalue weighted by Gasteiger charge is -2.29. The number of allylic oxidation sites excluding steroid dienone is 7. The van der Waals surface area contributed by atoms with Crippen LogP contribution in [0.5, 0.6) is 0 Å². The Balaban J connectivity index is 1.31. The van der Waals surface area contributed by atoms with Gasteiger partial charge in [0.1, 0.15) is 6.10 Å². The van der Waals surface area contributed by atoms with E-state index < -0.39 is 18.5 Å². The molecular weight excluding hydrogens is 556 g/mol. The molecule has 2 fully saturated rings. The zero-order valence-electron chi connectivity index (χ0n) is 26.6. The van der Waals surface area contributed by atoms with E-state index in [1.54, 1.807) is 6.92 Å². The van der Waals surface area contributed by atoms with E-state index in [0.717, 1.165) is 43.6 Å². The van der Waals surface area contributed by atoms with Crippen molar-refractivity contribution in [2.75, 3.05) is 19.8 Å². The Morgan fingerprint density at radius 2 is 1.66 bits per heavy atom. The van der Waals surface area contributed by atoms with E-state index in [1.165, 1.54) is 55.2 Å². The molecule has 0 aliphatic heterocycles. The van der Waals surface area contributed by atoms with Crippen molar-refractivity contribution in [3.05, 3.63) is 70.9 Å². The second kappa shape index (κ2) is 16.2. The first-order chi connectivity index (χ1) is 21.2. The van der Waals surface area contributed by atoms with E-state index >= 15 is 0 Å². The lowest BCUT2D eigenvalue weighted by molar-refractivity contribution is -0.147. The van der Waals surface area contributed by atoms with Gasteiger partial charge in [0.25, 0.3) is 0 Å². The molecule has 4 rings (SSSR count). The van der Waals surface area contributed by atoms with Crippen LogP contribution in [0, 0.1) is 23.7 Å². The number of ether oxygens (including phenoxy) is 3. The number of fused-ring (bicyclic) bond motifs is 1. The molecule has 0 aromatic heterocycles. The van der Waals surface area contributed by atoms with Crippen LogP contribution in [0.15, 0.2) is 70.9 Å². The zero-order valence-corrected chi connectivity index (χ0v) is 26.6. The molecule has 44 heavy (non-hydrogen) atoms. The second-order valence-electron chi connectivity index (χ2n) is 13.1. The van der Waals surface area contributed by atoms with E-state index in [0.29, 0.717) is 17.9 Å². The minimum absolute atomic E-state index is 0.0166. The van der Waals surface area contributed by atoms with Crippen molar-refractivity contribution in [1.29, 1.82) is 0 Å². The molecule has 3 atom stereocenters. The largest absolute Gasteiger partial charge is 0.462 e. The zero-order chi connectivity index (χ0) is 31.6. The van der Waals surface area contributed by atoms with Gasteiger partial charge >= 0.3 is 17.9 Å². The number of carbonyl (C=O) groups is 3. The first-order valence-corrected chi connectivity index (χ1v) is 16.5. The number of aliphatic hydroxyl groups excluding tert-OH is 1. The third kappa shape index (κ3) is 9.40. The molecule has 0 radical (unpaired) electrons. The van der Waals surface area contributed by atoms with Crippen LogP contribution in [-0.4, -0.2) is 48.9 Å². The minimum Gasteiger partial charge on any atom is -0.462 e. The highest BCUT2D eigenvalue weighted by Crippen LogP contribution is 2.54. The third-order valence-corrected chi connectivity index (χ3v) is 9.44. The summed E-state index contributed by atoms with van der Waals surface area (Å²) >= 11 is 0. The van der Waals surface area contributed by atoms with E-state index in [9.17, 15) is 14.4 Å². The van der Waals surface area contributed by atoms with Crippen molar-refractivity contribution >= 4 is 17.9 Å². The lowest BCUT2D eigenvalue weighted by atomic mass is 9.84. The van der Waals surface area contributed by atoms with Gasteiger partial charge in [-0.25, -0.2) is 14.4 Å². The van der Waals surface area contributed by atoms with Crippen LogP contribution >= 0.6 is 0 Å². The molecule has 2 saturated carbocycles. The third-order valence-electron chi connectivity index (χ3n) is 9.44. The number of carbonyl (C=O) groups excluding carboxylic acids is 3. The van der Waals surface area contributed by atoms with Gasteiger partial charge in [-0.3, -0.25) is 0 Å². The Bertz CT molecular complexity index is 1220. The highest BCUT2D eigenvalue weighted by molar-refractivity contribution is 5.91. The molecule has 4 aliphatic rings. The first kappa shape index (κ1) is 33.7. The molecule has 0 aromatic rings. The number of esters is 3. The Kier molecular flexibility index (Phi) is 12.4. The molecule has 0 amide bonds. The molecular formula is C37H50O7. The van der Waals surface area contributed by atoms with Gasteiger partial charge in [0, 0.05) is 17.1 Å². The molecule has 7 nitrogen and oxygen atoms in total. The first-order valence-electron chi connectivity index (χ1n) is 16.5. The number of aliphatic hydroxyl groups is 1. The normalized spacial score (nSPS) is 24.8. The van der Waals surface area contributed by atoms with Crippen LogP contribution in [0.2, 0.25) is 0 Å². The number of hydrogen-bond donors (Lipinski definition) is 1. The fourth-order valence-corrected chi connectivity index (χ4v) is 6.62. The molecule has 7 heteroatoms. The van der Waals surface area contributed by atoms with Crippen LogP contribution in [0.3, 0.4) is 0 Å². The average Bonchev–Trinajstić information content (AvgIpc) is 3.83. The van der Waals surface area contributed by atoms with Crippen LogP contribution in [0.25, 0.3) is 0 Å². The molecule has 0 bridgehead atoms. The van der Waals surface area contributed by atoms with Crippen LogP contribution in [-0.2, 0) is 28.6 Å². The van der Waals surface area contributed by atoms with E-state index in [1.807, 2.05) is 6.08 Å². The minimum atomic E-state index is -0.659. The fourth-order valence-electron chi connectivity index (χ4n) is 6.62. The smallest absolute Gasteiger partial charge is 0.335 e. The van der Waals surface area contributed by atoms with Crippen molar-refractivity contribution in [1.82, 2.24) is 0 Å². The number of rotatable bonds is 16. The molecule has 0 heterocycles. The summed E-state index contributed by atoms with van der Waals surface area (Å²) in [5, 5.41) is 9.14. The monoisotopic (exact) mass is 606 g/mol. The summed E-state index contributed by atoms with van der Waals surface area (Å²) in [7, 11) is 0. The molecule has 240 valence electrons. The maximum Gasteiger partial charge on any atom is 0.335 e. The Labute approximate surface area is 262 Å². The Morgan fingerprint density at radius 3 is 2.30 bits per heavy atom. The van der Waals surface area contributed by atoms with Gasteiger partial charge in [0.15, 0.2) is 0 Å². The Morgan fingerprint density at radius 1 is 0.932 bits per heavy atom. The van der Waals surface area contributed by atoms with Crippen molar-refractivity contribution in [2.24, 2.45) is 23.7 Å². The molecule has 1 N–H and O–H groups in total. The summed E-state index contributed by atoms with van der Waals surface area (Å²) in [5.41, 5.74) is 4.92. The molecule has 0 spiro atoms. The van der Waals surface area contributed by atoms with Gasteiger partial charge in [-0.2, -0.15) is 0 Å². The molecule has 4 aliphatic carbocycles. The topological polar surface area (TPSA) is 99.1 Å². The number of unbranched alkanes of at least 4 members (excludes halogenated alkanes) is 2. The summed E-state index contributed by atoms with van der Waals surface area (Å²) in [4.78, 5) is 37.1. The van der Waals surface area contributed by atoms with Gasteiger partial charge in [0.05, 0.1) is 25.4 Å². The van der Waals surface area contributed by atoms with Crippen LogP contribution in [0.4, 0.5) is 0 Å². The standard InChI is InChI=1S/C37H50O7/c1-5-6-7-8-26-11-15-30(16-12-26)44-37(41)32-18-17-31(33-20-34(32)33)29-13-9-27(10-14-29)19-28(22-42-35(39)24(2)3)23-43-36(40)25(4)21-38/h9,13,17-18,26,28,30,33-34,38H,2,4-8,10-12,14-16,19-23H2,1,3H3/t26?,28?,30?,33?,34-/m1/s1. The summed E-state index contributed by atoms with van der Waals surface area (Å²) in [6.07, 6.45) is 21.3. The maximum atomic E-state index is 13.1. The highest BCUT2D eigenvalue weighted by atomic mass is 16.6. The molecule has 0 aromatic carbocycles. The van der Waals surface area contributed by atoms with Crippen molar-refractivity contribution in [2.45, 2.75) is 97.0 Å². The van der Waals surface area contributed by atoms with Gasteiger partial charge in [-0.15, -0.1) is 0 Å². The van der Waals surface area contributed by atoms with E-state index in [4.69, 9.17) is 19.3 Å².